The van der Waals surface area contributed by atoms with Gasteiger partial charge in [-0.15, -0.1) is 0 Å². The molecule has 0 saturated carbocycles. The molecule has 5 nitrogen and oxygen atoms in total. The zero-order valence-electron chi connectivity index (χ0n) is 12.7. The third-order valence-electron chi connectivity index (χ3n) is 4.10. The third kappa shape index (κ3) is 3.12. The Morgan fingerprint density at radius 3 is 2.54 bits per heavy atom. The molecule has 2 aromatic carbocycles. The molecule has 0 amide bonds. The second-order valence-electron chi connectivity index (χ2n) is 5.64. The van der Waals surface area contributed by atoms with Crippen molar-refractivity contribution in [2.24, 2.45) is 0 Å². The number of carboxylic acid groups (broad SMARTS) is 1. The van der Waals surface area contributed by atoms with E-state index in [2.05, 4.69) is 0 Å². The number of aliphatic carboxylic acids is 1. The van der Waals surface area contributed by atoms with Crippen molar-refractivity contribution in [2.75, 3.05) is 10.1 Å². The number of sulfonamides is 1. The predicted molar refractivity (Wildman–Crippen MR) is 93.0 cm³/mol. The summed E-state index contributed by atoms with van der Waals surface area (Å²) < 4.78 is 26.7. The van der Waals surface area contributed by atoms with Crippen molar-refractivity contribution in [3.8, 4) is 0 Å². The van der Waals surface area contributed by atoms with Crippen LogP contribution in [0, 0.1) is 0 Å². The molecule has 7 heteroatoms. The highest BCUT2D eigenvalue weighted by molar-refractivity contribution is 7.92. The number of benzene rings is 2. The summed E-state index contributed by atoms with van der Waals surface area (Å²) in [5.74, 6) is -1.35. The number of rotatable bonds is 5. The number of fused-ring (bicyclic) bond motifs is 1. The molecule has 2 aromatic rings. The van der Waals surface area contributed by atoms with Crippen molar-refractivity contribution >= 4 is 33.3 Å². The molecule has 1 aliphatic rings. The van der Waals surface area contributed by atoms with Crippen molar-refractivity contribution in [3.63, 3.8) is 0 Å². The molecule has 1 heterocycles. The first-order valence-electron chi connectivity index (χ1n) is 7.46. The topological polar surface area (TPSA) is 74.7 Å². The van der Waals surface area contributed by atoms with Crippen LogP contribution in [-0.4, -0.2) is 31.3 Å². The van der Waals surface area contributed by atoms with Crippen LogP contribution in [0.15, 0.2) is 48.5 Å². The summed E-state index contributed by atoms with van der Waals surface area (Å²) in [5.41, 5.74) is 1.90. The van der Waals surface area contributed by atoms with Crippen LogP contribution in [0.3, 0.4) is 0 Å². The predicted octanol–water partition coefficient (Wildman–Crippen LogP) is 2.73. The third-order valence-corrected chi connectivity index (χ3v) is 6.24. The first-order valence-corrected chi connectivity index (χ1v) is 9.45. The summed E-state index contributed by atoms with van der Waals surface area (Å²) in [7, 11) is -3.79. The standard InChI is InChI=1S/C17H16ClNO4S/c18-14-7-3-1-5-12(14)9-10-24(22,23)19-15-8-4-2-6-13(15)11-16(19)17(20)21/h1-8,16H,9-11H2,(H,20,21). The molecule has 1 N–H and O–H groups in total. The minimum absolute atomic E-state index is 0.177. The van der Waals surface area contributed by atoms with Crippen LogP contribution in [0.2, 0.25) is 5.02 Å². The van der Waals surface area contributed by atoms with E-state index in [0.717, 1.165) is 15.4 Å². The zero-order valence-corrected chi connectivity index (χ0v) is 14.3. The molecular weight excluding hydrogens is 350 g/mol. The molecule has 1 aliphatic heterocycles. The van der Waals surface area contributed by atoms with Crippen LogP contribution >= 0.6 is 11.6 Å². The van der Waals surface area contributed by atoms with Gasteiger partial charge in [0.2, 0.25) is 10.0 Å². The van der Waals surface area contributed by atoms with Gasteiger partial charge in [-0.25, -0.2) is 13.2 Å². The second kappa shape index (κ2) is 6.45. The number of aryl methyl sites for hydroxylation is 1. The molecule has 0 aromatic heterocycles. The van der Waals surface area contributed by atoms with Gasteiger partial charge in [-0.05, 0) is 29.7 Å². The van der Waals surface area contributed by atoms with Crippen LogP contribution < -0.4 is 4.31 Å². The average molecular weight is 366 g/mol. The Balaban J connectivity index is 1.90. The molecule has 1 atom stereocenters. The van der Waals surface area contributed by atoms with Gasteiger partial charge < -0.3 is 5.11 Å². The van der Waals surface area contributed by atoms with Crippen LogP contribution in [0.1, 0.15) is 11.1 Å². The van der Waals surface area contributed by atoms with Crippen LogP contribution in [0.25, 0.3) is 0 Å². The maximum Gasteiger partial charge on any atom is 0.327 e. The van der Waals surface area contributed by atoms with E-state index in [4.69, 9.17) is 11.6 Å². The molecule has 0 fully saturated rings. The van der Waals surface area contributed by atoms with Gasteiger partial charge in [0.1, 0.15) is 6.04 Å². The number of carbonyl (C=O) groups is 1. The van der Waals surface area contributed by atoms with Crippen molar-refractivity contribution in [1.82, 2.24) is 0 Å². The Kier molecular flexibility index (Phi) is 4.51. The second-order valence-corrected chi connectivity index (χ2v) is 8.01. The lowest BCUT2D eigenvalue weighted by molar-refractivity contribution is -0.138. The van der Waals surface area contributed by atoms with E-state index in [-0.39, 0.29) is 18.6 Å². The summed E-state index contributed by atoms with van der Waals surface area (Å²) in [6, 6.07) is 12.8. The van der Waals surface area contributed by atoms with Gasteiger partial charge in [-0.2, -0.15) is 0 Å². The van der Waals surface area contributed by atoms with Crippen LogP contribution in [-0.2, 0) is 27.7 Å². The Morgan fingerprint density at radius 2 is 1.83 bits per heavy atom. The summed E-state index contributed by atoms with van der Waals surface area (Å²) in [6.45, 7) is 0. The number of hydrogen-bond donors (Lipinski definition) is 1. The highest BCUT2D eigenvalue weighted by Crippen LogP contribution is 2.35. The Labute approximate surface area is 145 Å². The minimum atomic E-state index is -3.79. The van der Waals surface area contributed by atoms with Gasteiger partial charge >= 0.3 is 5.97 Å². The monoisotopic (exact) mass is 365 g/mol. The Hall–Kier alpha value is -2.05. The van der Waals surface area contributed by atoms with E-state index in [0.29, 0.717) is 10.7 Å². The Bertz CT molecular complexity index is 882. The first kappa shape index (κ1) is 16.8. The summed E-state index contributed by atoms with van der Waals surface area (Å²) in [4.78, 5) is 11.5. The van der Waals surface area contributed by atoms with Gasteiger partial charge in [-0.1, -0.05) is 48.0 Å². The molecular formula is C17H16ClNO4S. The minimum Gasteiger partial charge on any atom is -0.480 e. The molecule has 1 unspecified atom stereocenters. The van der Waals surface area contributed by atoms with E-state index < -0.39 is 22.0 Å². The molecule has 0 saturated heterocycles. The van der Waals surface area contributed by atoms with Crippen molar-refractivity contribution in [1.29, 1.82) is 0 Å². The van der Waals surface area contributed by atoms with Gasteiger partial charge in [0.05, 0.1) is 11.4 Å². The van der Waals surface area contributed by atoms with E-state index in [9.17, 15) is 18.3 Å². The number of anilines is 1. The van der Waals surface area contributed by atoms with Crippen LogP contribution in [0.4, 0.5) is 5.69 Å². The molecule has 0 bridgehead atoms. The maximum atomic E-state index is 12.8. The molecule has 3 rings (SSSR count). The fraction of sp³-hybridized carbons (Fsp3) is 0.235. The smallest absolute Gasteiger partial charge is 0.327 e. The number of para-hydroxylation sites is 1. The van der Waals surface area contributed by atoms with E-state index in [1.54, 1.807) is 48.5 Å². The summed E-state index contributed by atoms with van der Waals surface area (Å²) >= 11 is 6.07. The summed E-state index contributed by atoms with van der Waals surface area (Å²) in [6.07, 6.45) is 0.407. The highest BCUT2D eigenvalue weighted by atomic mass is 35.5. The fourth-order valence-electron chi connectivity index (χ4n) is 2.93. The summed E-state index contributed by atoms with van der Waals surface area (Å²) in [5, 5.41) is 9.93. The zero-order chi connectivity index (χ0) is 17.3. The molecule has 0 aliphatic carbocycles. The lowest BCUT2D eigenvalue weighted by Crippen LogP contribution is -2.44. The maximum absolute atomic E-state index is 12.8. The number of halogens is 1. The van der Waals surface area contributed by atoms with Crippen molar-refractivity contribution in [3.05, 3.63) is 64.7 Å². The van der Waals surface area contributed by atoms with Crippen LogP contribution in [0.5, 0.6) is 0 Å². The van der Waals surface area contributed by atoms with Crippen molar-refractivity contribution < 1.29 is 18.3 Å². The molecule has 24 heavy (non-hydrogen) atoms. The SMILES string of the molecule is O=C(O)C1Cc2ccccc2N1S(=O)(=O)CCc1ccccc1Cl. The molecule has 0 radical (unpaired) electrons. The molecule has 126 valence electrons. The van der Waals surface area contributed by atoms with Gasteiger partial charge in [0.15, 0.2) is 0 Å². The largest absolute Gasteiger partial charge is 0.480 e. The fourth-order valence-corrected chi connectivity index (χ4v) is 4.86. The lowest BCUT2D eigenvalue weighted by atomic mass is 10.1. The van der Waals surface area contributed by atoms with Gasteiger partial charge in [0.25, 0.3) is 0 Å². The Morgan fingerprint density at radius 1 is 1.17 bits per heavy atom. The lowest BCUT2D eigenvalue weighted by Gasteiger charge is -2.24. The van der Waals surface area contributed by atoms with E-state index in [1.807, 2.05) is 0 Å². The van der Waals surface area contributed by atoms with Gasteiger partial charge in [-0.3, -0.25) is 4.31 Å². The van der Waals surface area contributed by atoms with Gasteiger partial charge in [0, 0.05) is 11.4 Å². The quantitative estimate of drug-likeness (QED) is 0.884. The van der Waals surface area contributed by atoms with E-state index >= 15 is 0 Å². The average Bonchev–Trinajstić information content (AvgIpc) is 2.95. The van der Waals surface area contributed by atoms with Crippen molar-refractivity contribution in [2.45, 2.75) is 18.9 Å². The normalized spacial score (nSPS) is 16.9. The molecule has 0 spiro atoms. The number of nitrogens with zero attached hydrogens (tertiary/aromatic N) is 1. The number of hydrogen-bond acceptors (Lipinski definition) is 3. The highest BCUT2D eigenvalue weighted by Gasteiger charge is 2.41. The first-order chi connectivity index (χ1) is 11.4. The number of carboxylic acids is 1. The van der Waals surface area contributed by atoms with E-state index in [1.165, 1.54) is 0 Å².